The first-order valence-corrected chi connectivity index (χ1v) is 12.0. The number of anilines is 1. The summed E-state index contributed by atoms with van der Waals surface area (Å²) in [5, 5.41) is 8.27. The molecule has 1 aliphatic heterocycles. The summed E-state index contributed by atoms with van der Waals surface area (Å²) in [6, 6.07) is 12.3. The van der Waals surface area contributed by atoms with Crippen molar-refractivity contribution in [1.29, 1.82) is 0 Å². The maximum absolute atomic E-state index is 13.4. The van der Waals surface area contributed by atoms with Crippen molar-refractivity contribution in [2.24, 2.45) is 5.73 Å². The highest BCUT2D eigenvalue weighted by Crippen LogP contribution is 2.51. The lowest BCUT2D eigenvalue weighted by Gasteiger charge is -2.34. The molecule has 2 atom stereocenters. The molecular weight excluding hydrogens is 416 g/mol. The maximum Gasteiger partial charge on any atom is 0.411 e. The Kier molecular flexibility index (Phi) is 4.98. The molecule has 8 heteroatoms. The first kappa shape index (κ1) is 20.5. The number of rotatable bonds is 4. The van der Waals surface area contributed by atoms with Crippen molar-refractivity contribution in [3.63, 3.8) is 0 Å². The van der Waals surface area contributed by atoms with E-state index < -0.39 is 5.54 Å². The summed E-state index contributed by atoms with van der Waals surface area (Å²) in [4.78, 5) is 20.4. The zero-order valence-corrected chi connectivity index (χ0v) is 18.7. The molecule has 0 saturated heterocycles. The lowest BCUT2D eigenvalue weighted by Crippen LogP contribution is -2.43. The number of ether oxygens (including phenoxy) is 1. The molecule has 2 saturated carbocycles. The van der Waals surface area contributed by atoms with Crippen molar-refractivity contribution in [2.45, 2.75) is 75.7 Å². The Hall–Kier alpha value is -3.13. The first-order chi connectivity index (χ1) is 16.1. The molecule has 8 nitrogen and oxygen atoms in total. The summed E-state index contributed by atoms with van der Waals surface area (Å²) >= 11 is 0. The first-order valence-electron chi connectivity index (χ1n) is 12.0. The van der Waals surface area contributed by atoms with Crippen LogP contribution in [0.3, 0.4) is 0 Å². The van der Waals surface area contributed by atoms with E-state index in [4.69, 9.17) is 15.5 Å². The van der Waals surface area contributed by atoms with Crippen molar-refractivity contribution < 1.29 is 9.53 Å². The van der Waals surface area contributed by atoms with Gasteiger partial charge in [0.25, 0.3) is 0 Å². The van der Waals surface area contributed by atoms with Gasteiger partial charge in [-0.2, -0.15) is 9.61 Å². The van der Waals surface area contributed by atoms with Crippen molar-refractivity contribution in [1.82, 2.24) is 19.5 Å². The Labute approximate surface area is 193 Å². The minimum atomic E-state index is -0.405. The molecule has 2 aromatic heterocycles. The molecular formula is C25H30N6O2. The molecule has 2 aliphatic carbocycles. The smallest absolute Gasteiger partial charge is 0.411 e. The molecule has 3 aromatic rings. The van der Waals surface area contributed by atoms with Crippen LogP contribution in [-0.4, -0.2) is 37.7 Å². The average Bonchev–Trinajstić information content (AvgIpc) is 3.62. The summed E-state index contributed by atoms with van der Waals surface area (Å²) in [6.07, 6.45) is 8.48. The van der Waals surface area contributed by atoms with Crippen LogP contribution in [0.4, 0.5) is 10.6 Å². The van der Waals surface area contributed by atoms with Gasteiger partial charge in [-0.05, 0) is 37.7 Å². The molecule has 0 bridgehead atoms. The second-order valence-corrected chi connectivity index (χ2v) is 9.67. The number of benzene rings is 1. The molecule has 0 unspecified atom stereocenters. The maximum atomic E-state index is 13.4. The van der Waals surface area contributed by atoms with Crippen molar-refractivity contribution in [2.75, 3.05) is 5.32 Å². The zero-order chi connectivity index (χ0) is 22.4. The summed E-state index contributed by atoms with van der Waals surface area (Å²) in [6.45, 7) is 0.747. The number of hydrogen-bond donors (Lipinski definition) is 2. The van der Waals surface area contributed by atoms with Crippen LogP contribution in [0.5, 0.6) is 0 Å². The number of nitrogens with zero attached hydrogens (tertiary/aromatic N) is 4. The number of carbonyl (C=O) groups is 1. The van der Waals surface area contributed by atoms with E-state index >= 15 is 0 Å². The normalized spacial score (nSPS) is 23.4. The van der Waals surface area contributed by atoms with Crippen molar-refractivity contribution >= 4 is 17.6 Å². The Morgan fingerprint density at radius 2 is 2.00 bits per heavy atom. The molecule has 2 fully saturated rings. The fourth-order valence-electron chi connectivity index (χ4n) is 5.94. The summed E-state index contributed by atoms with van der Waals surface area (Å²) in [5.41, 5.74) is 9.64. The third-order valence-corrected chi connectivity index (χ3v) is 7.58. The highest BCUT2D eigenvalue weighted by molar-refractivity contribution is 5.73. The monoisotopic (exact) mass is 446 g/mol. The number of hydrogen-bond acceptors (Lipinski definition) is 6. The van der Waals surface area contributed by atoms with E-state index in [2.05, 4.69) is 10.4 Å². The molecule has 33 heavy (non-hydrogen) atoms. The van der Waals surface area contributed by atoms with Gasteiger partial charge < -0.3 is 15.8 Å². The Bertz CT molecular complexity index is 1170. The zero-order valence-electron chi connectivity index (χ0n) is 18.7. The number of carbonyl (C=O) groups excluding carboxylic acids is 1. The number of nitrogens with one attached hydrogen (secondary N) is 1. The van der Waals surface area contributed by atoms with Crippen molar-refractivity contribution in [3.8, 4) is 0 Å². The van der Waals surface area contributed by atoms with Gasteiger partial charge in [-0.1, -0.05) is 43.2 Å². The van der Waals surface area contributed by atoms with Crippen LogP contribution < -0.4 is 11.1 Å². The van der Waals surface area contributed by atoms with Gasteiger partial charge in [0, 0.05) is 23.7 Å². The van der Waals surface area contributed by atoms with E-state index in [1.54, 1.807) is 6.20 Å². The van der Waals surface area contributed by atoms with Crippen LogP contribution in [-0.2, 0) is 23.4 Å². The predicted octanol–water partition coefficient (Wildman–Crippen LogP) is 3.94. The molecule has 3 N–H and O–H groups in total. The topological polar surface area (TPSA) is 97.8 Å². The van der Waals surface area contributed by atoms with Gasteiger partial charge >= 0.3 is 6.09 Å². The van der Waals surface area contributed by atoms with E-state index in [-0.39, 0.29) is 18.7 Å². The SMILES string of the molecule is N[C@H]1CC[C@H](Nc2c3c(nc4ccnn24)C2(CCCC2)N(C(=O)OCc2ccccc2)C3)C1. The lowest BCUT2D eigenvalue weighted by atomic mass is 9.92. The highest BCUT2D eigenvalue weighted by atomic mass is 16.6. The Morgan fingerprint density at radius 3 is 2.76 bits per heavy atom. The van der Waals surface area contributed by atoms with Gasteiger partial charge in [-0.25, -0.2) is 9.78 Å². The van der Waals surface area contributed by atoms with Crippen LogP contribution in [0.1, 0.15) is 61.8 Å². The van der Waals surface area contributed by atoms with Crippen LogP contribution in [0.25, 0.3) is 5.65 Å². The third kappa shape index (κ3) is 3.44. The van der Waals surface area contributed by atoms with E-state index in [1.165, 1.54) is 0 Å². The molecule has 172 valence electrons. The molecule has 1 amide bonds. The number of nitrogens with two attached hydrogens (primary N) is 1. The number of aromatic nitrogens is 3. The van der Waals surface area contributed by atoms with Crippen molar-refractivity contribution in [3.05, 3.63) is 59.4 Å². The number of fused-ring (bicyclic) bond motifs is 3. The molecule has 1 aromatic carbocycles. The van der Waals surface area contributed by atoms with E-state index in [1.807, 2.05) is 45.8 Å². The van der Waals surface area contributed by atoms with E-state index in [9.17, 15) is 4.79 Å². The van der Waals surface area contributed by atoms with Gasteiger partial charge in [0.1, 0.15) is 12.4 Å². The van der Waals surface area contributed by atoms with Gasteiger partial charge in [-0.15, -0.1) is 0 Å². The molecule has 0 radical (unpaired) electrons. The highest BCUT2D eigenvalue weighted by Gasteiger charge is 2.52. The molecule has 1 spiro atoms. The quantitative estimate of drug-likeness (QED) is 0.630. The number of amides is 1. The van der Waals surface area contributed by atoms with E-state index in [0.717, 1.165) is 73.2 Å². The largest absolute Gasteiger partial charge is 0.445 e. The fourth-order valence-corrected chi connectivity index (χ4v) is 5.94. The van der Waals surface area contributed by atoms with Gasteiger partial charge in [0.05, 0.1) is 24.0 Å². The lowest BCUT2D eigenvalue weighted by molar-refractivity contribution is 0.0500. The van der Waals surface area contributed by atoms with Gasteiger partial charge in [0.15, 0.2) is 5.65 Å². The van der Waals surface area contributed by atoms with Crippen LogP contribution in [0.15, 0.2) is 42.6 Å². The molecule has 3 heterocycles. The third-order valence-electron chi connectivity index (χ3n) is 7.58. The minimum absolute atomic E-state index is 0.233. The minimum Gasteiger partial charge on any atom is -0.445 e. The van der Waals surface area contributed by atoms with Gasteiger partial charge in [0.2, 0.25) is 0 Å². The molecule has 3 aliphatic rings. The van der Waals surface area contributed by atoms with Crippen LogP contribution in [0, 0.1) is 0 Å². The Morgan fingerprint density at radius 1 is 1.18 bits per heavy atom. The standard InChI is InChI=1S/C25H30N6O2/c26-18-8-9-19(14-18)28-23-20-15-30(24(32)33-16-17-6-2-1-3-7-17)25(11-4-5-12-25)22(20)29-21-10-13-27-31(21)23/h1-3,6-7,10,13,18-19,28H,4-5,8-9,11-12,14-16,26H2/t18-,19-/m0/s1. The summed E-state index contributed by atoms with van der Waals surface area (Å²) < 4.78 is 7.68. The summed E-state index contributed by atoms with van der Waals surface area (Å²) in [5.74, 6) is 0.948. The predicted molar refractivity (Wildman–Crippen MR) is 125 cm³/mol. The molecule has 6 rings (SSSR count). The summed E-state index contributed by atoms with van der Waals surface area (Å²) in [7, 11) is 0. The fraction of sp³-hybridized carbons (Fsp3) is 0.480. The Balaban J connectivity index is 1.36. The van der Waals surface area contributed by atoms with Crippen LogP contribution in [0.2, 0.25) is 0 Å². The van der Waals surface area contributed by atoms with E-state index in [0.29, 0.717) is 12.6 Å². The van der Waals surface area contributed by atoms with Gasteiger partial charge in [-0.3, -0.25) is 4.90 Å². The second-order valence-electron chi connectivity index (χ2n) is 9.67. The average molecular weight is 447 g/mol. The van der Waals surface area contributed by atoms with Crippen LogP contribution >= 0.6 is 0 Å². The second kappa shape index (κ2) is 8.02.